The quantitative estimate of drug-likeness (QED) is 0.637. The molecule has 16 heavy (non-hydrogen) atoms. The van der Waals surface area contributed by atoms with Crippen molar-refractivity contribution in [1.29, 1.82) is 0 Å². The standard InChI is InChI=1S/C9H13ClN2O2S2/c1-15-6-2-4-12-16(13,14)8-3-5-11-9(10)7-8/h3,5,7,12H,2,4,6H2,1H3. The topological polar surface area (TPSA) is 59.1 Å². The first-order chi connectivity index (χ1) is 7.56. The number of thioether (sulfide) groups is 1. The van der Waals surface area contributed by atoms with E-state index in [2.05, 4.69) is 9.71 Å². The zero-order valence-electron chi connectivity index (χ0n) is 8.81. The van der Waals surface area contributed by atoms with Crippen molar-refractivity contribution in [3.63, 3.8) is 0 Å². The van der Waals surface area contributed by atoms with Gasteiger partial charge in [-0.1, -0.05) is 11.6 Å². The molecule has 90 valence electrons. The van der Waals surface area contributed by atoms with E-state index < -0.39 is 10.0 Å². The highest BCUT2D eigenvalue weighted by Gasteiger charge is 2.13. The molecule has 0 spiro atoms. The van der Waals surface area contributed by atoms with Crippen LogP contribution in [0.4, 0.5) is 0 Å². The molecule has 0 aliphatic heterocycles. The van der Waals surface area contributed by atoms with Crippen molar-refractivity contribution in [2.75, 3.05) is 18.6 Å². The van der Waals surface area contributed by atoms with Gasteiger partial charge in [-0.25, -0.2) is 18.1 Å². The molecule has 1 N–H and O–H groups in total. The number of nitrogens with zero attached hydrogens (tertiary/aromatic N) is 1. The zero-order valence-corrected chi connectivity index (χ0v) is 11.2. The van der Waals surface area contributed by atoms with Crippen LogP contribution in [0.1, 0.15) is 6.42 Å². The van der Waals surface area contributed by atoms with Crippen molar-refractivity contribution in [2.24, 2.45) is 0 Å². The minimum Gasteiger partial charge on any atom is -0.244 e. The lowest BCUT2D eigenvalue weighted by atomic mass is 10.5. The van der Waals surface area contributed by atoms with Gasteiger partial charge in [0.1, 0.15) is 5.15 Å². The summed E-state index contributed by atoms with van der Waals surface area (Å²) in [5.41, 5.74) is 0. The lowest BCUT2D eigenvalue weighted by molar-refractivity contribution is 0.581. The molecule has 4 nitrogen and oxygen atoms in total. The van der Waals surface area contributed by atoms with Gasteiger partial charge in [0.2, 0.25) is 10.0 Å². The fourth-order valence-electron chi connectivity index (χ4n) is 1.06. The van der Waals surface area contributed by atoms with Gasteiger partial charge in [-0.15, -0.1) is 0 Å². The normalized spacial score (nSPS) is 11.6. The van der Waals surface area contributed by atoms with Crippen LogP contribution in [-0.4, -0.2) is 32.0 Å². The third kappa shape index (κ3) is 4.29. The summed E-state index contributed by atoms with van der Waals surface area (Å²) in [6.07, 6.45) is 4.16. The SMILES string of the molecule is CSCCCNS(=O)(=O)c1ccnc(Cl)c1. The lowest BCUT2D eigenvalue weighted by Crippen LogP contribution is -2.25. The summed E-state index contributed by atoms with van der Waals surface area (Å²) in [7, 11) is -3.45. The maximum absolute atomic E-state index is 11.7. The highest BCUT2D eigenvalue weighted by atomic mass is 35.5. The molecule has 0 saturated heterocycles. The molecule has 0 amide bonds. The van der Waals surface area contributed by atoms with Gasteiger partial charge in [0.25, 0.3) is 0 Å². The molecule has 0 aliphatic carbocycles. The summed E-state index contributed by atoms with van der Waals surface area (Å²) in [5, 5.41) is 0.173. The molecule has 1 rings (SSSR count). The van der Waals surface area contributed by atoms with Crippen LogP contribution in [-0.2, 0) is 10.0 Å². The summed E-state index contributed by atoms with van der Waals surface area (Å²) >= 11 is 7.31. The molecular weight excluding hydrogens is 268 g/mol. The second kappa shape index (κ2) is 6.44. The maximum Gasteiger partial charge on any atom is 0.240 e. The van der Waals surface area contributed by atoms with E-state index in [1.807, 2.05) is 6.26 Å². The van der Waals surface area contributed by atoms with Crippen LogP contribution in [0.3, 0.4) is 0 Å². The summed E-state index contributed by atoms with van der Waals surface area (Å²) in [4.78, 5) is 3.88. The number of sulfonamides is 1. The fraction of sp³-hybridized carbons (Fsp3) is 0.444. The smallest absolute Gasteiger partial charge is 0.240 e. The third-order valence-corrected chi connectivity index (χ3v) is 4.19. The van der Waals surface area contributed by atoms with Crippen LogP contribution in [0.15, 0.2) is 23.2 Å². The molecule has 1 aromatic heterocycles. The molecule has 1 heterocycles. The Bertz CT molecular complexity index is 437. The molecule has 0 aliphatic rings. The van der Waals surface area contributed by atoms with Gasteiger partial charge >= 0.3 is 0 Å². The zero-order chi connectivity index (χ0) is 12.0. The Morgan fingerprint density at radius 2 is 2.31 bits per heavy atom. The highest BCUT2D eigenvalue weighted by molar-refractivity contribution is 7.98. The van der Waals surface area contributed by atoms with E-state index in [4.69, 9.17) is 11.6 Å². The van der Waals surface area contributed by atoms with Crippen molar-refractivity contribution in [3.8, 4) is 0 Å². The van der Waals surface area contributed by atoms with Gasteiger partial charge in [0.05, 0.1) is 4.90 Å². The average Bonchev–Trinajstić information content (AvgIpc) is 2.24. The molecule has 0 aromatic carbocycles. The van der Waals surface area contributed by atoms with Gasteiger partial charge < -0.3 is 0 Å². The van der Waals surface area contributed by atoms with Gasteiger partial charge in [0, 0.05) is 12.7 Å². The third-order valence-electron chi connectivity index (χ3n) is 1.83. The minimum absolute atomic E-state index is 0.150. The van der Waals surface area contributed by atoms with Gasteiger partial charge in [-0.05, 0) is 30.6 Å². The van der Waals surface area contributed by atoms with Crippen LogP contribution >= 0.6 is 23.4 Å². The number of halogens is 1. The van der Waals surface area contributed by atoms with Crippen LogP contribution in [0.5, 0.6) is 0 Å². The molecule has 1 aromatic rings. The van der Waals surface area contributed by atoms with E-state index in [-0.39, 0.29) is 10.0 Å². The predicted octanol–water partition coefficient (Wildman–Crippen LogP) is 1.77. The lowest BCUT2D eigenvalue weighted by Gasteiger charge is -2.05. The first-order valence-corrected chi connectivity index (χ1v) is 7.92. The first-order valence-electron chi connectivity index (χ1n) is 4.66. The molecule has 0 radical (unpaired) electrons. The second-order valence-electron chi connectivity index (χ2n) is 3.06. The van der Waals surface area contributed by atoms with Gasteiger partial charge in [-0.2, -0.15) is 11.8 Å². The summed E-state index contributed by atoms with van der Waals surface area (Å²) < 4.78 is 26.0. The Hall–Kier alpha value is -0.300. The maximum atomic E-state index is 11.7. The van der Waals surface area contributed by atoms with Crippen molar-refractivity contribution in [3.05, 3.63) is 23.5 Å². The summed E-state index contributed by atoms with van der Waals surface area (Å²) in [6, 6.07) is 2.75. The Balaban J connectivity index is 2.64. The predicted molar refractivity (Wildman–Crippen MR) is 67.4 cm³/mol. The van der Waals surface area contributed by atoms with Gasteiger partial charge in [0.15, 0.2) is 0 Å². The Morgan fingerprint density at radius 3 is 2.94 bits per heavy atom. The molecule has 0 fully saturated rings. The van der Waals surface area contributed by atoms with Crippen molar-refractivity contribution >= 4 is 33.4 Å². The molecule has 0 unspecified atom stereocenters. The monoisotopic (exact) mass is 280 g/mol. The van der Waals surface area contributed by atoms with Gasteiger partial charge in [-0.3, -0.25) is 0 Å². The van der Waals surface area contributed by atoms with Crippen molar-refractivity contribution < 1.29 is 8.42 Å². The minimum atomic E-state index is -3.45. The second-order valence-corrected chi connectivity index (χ2v) is 6.20. The Kier molecular flexibility index (Phi) is 5.54. The number of aromatic nitrogens is 1. The number of nitrogens with one attached hydrogen (secondary N) is 1. The molecule has 0 saturated carbocycles. The number of pyridine rings is 1. The van der Waals surface area contributed by atoms with E-state index in [1.165, 1.54) is 18.3 Å². The number of hydrogen-bond donors (Lipinski definition) is 1. The molecule has 0 bridgehead atoms. The number of rotatable bonds is 6. The largest absolute Gasteiger partial charge is 0.244 e. The molecular formula is C9H13ClN2O2S2. The van der Waals surface area contributed by atoms with Crippen LogP contribution in [0, 0.1) is 0 Å². The first kappa shape index (κ1) is 13.8. The van der Waals surface area contributed by atoms with E-state index in [1.54, 1.807) is 11.8 Å². The fourth-order valence-corrected chi connectivity index (χ4v) is 2.82. The van der Waals surface area contributed by atoms with E-state index in [0.717, 1.165) is 12.2 Å². The molecule has 0 atom stereocenters. The summed E-state index contributed by atoms with van der Waals surface area (Å²) in [6.45, 7) is 0.434. The summed E-state index contributed by atoms with van der Waals surface area (Å²) in [5.74, 6) is 0.930. The average molecular weight is 281 g/mol. The van der Waals surface area contributed by atoms with E-state index in [0.29, 0.717) is 6.54 Å². The Morgan fingerprint density at radius 1 is 1.56 bits per heavy atom. The highest BCUT2D eigenvalue weighted by Crippen LogP contribution is 2.12. The van der Waals surface area contributed by atoms with Crippen LogP contribution in [0.2, 0.25) is 5.15 Å². The Labute approximate surface area is 105 Å². The van der Waals surface area contributed by atoms with E-state index in [9.17, 15) is 8.42 Å². The van der Waals surface area contributed by atoms with Crippen LogP contribution < -0.4 is 4.72 Å². The van der Waals surface area contributed by atoms with Crippen molar-refractivity contribution in [2.45, 2.75) is 11.3 Å². The van der Waals surface area contributed by atoms with E-state index >= 15 is 0 Å². The van der Waals surface area contributed by atoms with Crippen LogP contribution in [0.25, 0.3) is 0 Å². The van der Waals surface area contributed by atoms with Crippen molar-refractivity contribution in [1.82, 2.24) is 9.71 Å². The molecule has 7 heteroatoms. The number of hydrogen-bond acceptors (Lipinski definition) is 4.